The molecule has 13 heavy (non-hydrogen) atoms. The zero-order valence-corrected chi connectivity index (χ0v) is 9.20. The molecule has 1 rings (SSSR count). The largest absolute Gasteiger partial charge is 0.379 e. The fourth-order valence-electron chi connectivity index (χ4n) is 1.00. The van der Waals surface area contributed by atoms with Crippen LogP contribution in [0.5, 0.6) is 0 Å². The molecule has 1 aromatic rings. The van der Waals surface area contributed by atoms with Crippen molar-refractivity contribution in [3.63, 3.8) is 0 Å². The van der Waals surface area contributed by atoms with Gasteiger partial charge in [-0.15, -0.1) is 11.3 Å². The summed E-state index contributed by atoms with van der Waals surface area (Å²) in [6.07, 6.45) is 1.02. The minimum Gasteiger partial charge on any atom is -0.379 e. The molecule has 1 heterocycles. The van der Waals surface area contributed by atoms with Gasteiger partial charge in [-0.05, 0) is 17.9 Å². The van der Waals surface area contributed by atoms with Gasteiger partial charge in [0.1, 0.15) is 0 Å². The molecular formula is C9H14ClNOS. The van der Waals surface area contributed by atoms with Crippen molar-refractivity contribution in [1.29, 1.82) is 0 Å². The van der Waals surface area contributed by atoms with Gasteiger partial charge in [-0.1, -0.05) is 18.5 Å². The zero-order valence-electron chi connectivity index (χ0n) is 7.63. The van der Waals surface area contributed by atoms with E-state index in [2.05, 4.69) is 6.92 Å². The van der Waals surface area contributed by atoms with E-state index >= 15 is 0 Å². The van der Waals surface area contributed by atoms with Crippen molar-refractivity contribution in [3.8, 4) is 0 Å². The lowest BCUT2D eigenvalue weighted by Crippen LogP contribution is -2.16. The number of nitrogens with two attached hydrogens (primary N) is 1. The van der Waals surface area contributed by atoms with Gasteiger partial charge in [-0.2, -0.15) is 0 Å². The molecule has 0 aliphatic rings. The lowest BCUT2D eigenvalue weighted by atomic mass is 10.3. The van der Waals surface area contributed by atoms with Crippen molar-refractivity contribution in [2.75, 3.05) is 13.2 Å². The number of rotatable bonds is 5. The molecule has 0 saturated heterocycles. The molecule has 0 radical (unpaired) electrons. The summed E-state index contributed by atoms with van der Waals surface area (Å²) in [5, 5.41) is 2.69. The lowest BCUT2D eigenvalue weighted by Gasteiger charge is -2.10. The highest BCUT2D eigenvalue weighted by Crippen LogP contribution is 2.27. The van der Waals surface area contributed by atoms with E-state index < -0.39 is 0 Å². The van der Waals surface area contributed by atoms with E-state index in [9.17, 15) is 0 Å². The second-order valence-corrected chi connectivity index (χ2v) is 4.17. The second-order valence-electron chi connectivity index (χ2n) is 2.81. The van der Waals surface area contributed by atoms with Gasteiger partial charge in [0.15, 0.2) is 0 Å². The highest BCUT2D eigenvalue weighted by Gasteiger charge is 2.11. The molecule has 0 saturated carbocycles. The third-order valence-electron chi connectivity index (χ3n) is 1.63. The minimum atomic E-state index is -0.0842. The van der Waals surface area contributed by atoms with Crippen LogP contribution in [0.1, 0.15) is 24.3 Å². The molecule has 2 nitrogen and oxygen atoms in total. The number of ether oxygens (including phenoxy) is 1. The molecule has 0 amide bonds. The van der Waals surface area contributed by atoms with E-state index in [0.717, 1.165) is 22.9 Å². The van der Waals surface area contributed by atoms with E-state index in [-0.39, 0.29) is 6.04 Å². The van der Waals surface area contributed by atoms with Gasteiger partial charge in [0, 0.05) is 11.5 Å². The van der Waals surface area contributed by atoms with Crippen LogP contribution in [0.25, 0.3) is 0 Å². The number of thiophene rings is 1. The highest BCUT2D eigenvalue weighted by molar-refractivity contribution is 7.10. The summed E-state index contributed by atoms with van der Waals surface area (Å²) in [7, 11) is 0. The molecule has 0 bridgehead atoms. The van der Waals surface area contributed by atoms with Crippen molar-refractivity contribution in [3.05, 3.63) is 21.3 Å². The van der Waals surface area contributed by atoms with Crippen LogP contribution >= 0.6 is 22.9 Å². The Labute approximate surface area is 87.7 Å². The van der Waals surface area contributed by atoms with Crippen LogP contribution in [0.4, 0.5) is 0 Å². The first-order valence-electron chi connectivity index (χ1n) is 4.32. The Morgan fingerprint density at radius 1 is 1.69 bits per heavy atom. The topological polar surface area (TPSA) is 35.2 Å². The molecular weight excluding hydrogens is 206 g/mol. The van der Waals surface area contributed by atoms with E-state index in [4.69, 9.17) is 22.1 Å². The first-order valence-corrected chi connectivity index (χ1v) is 5.57. The normalized spacial score (nSPS) is 13.2. The van der Waals surface area contributed by atoms with Crippen molar-refractivity contribution in [2.24, 2.45) is 5.73 Å². The Morgan fingerprint density at radius 3 is 3.00 bits per heavy atom. The third kappa shape index (κ3) is 3.27. The molecule has 0 aromatic carbocycles. The van der Waals surface area contributed by atoms with E-state index in [1.165, 1.54) is 0 Å². The Kier molecular flexibility index (Phi) is 4.73. The summed E-state index contributed by atoms with van der Waals surface area (Å²) in [5.74, 6) is 0. The Hall–Kier alpha value is -0.0900. The van der Waals surface area contributed by atoms with Crippen molar-refractivity contribution >= 4 is 22.9 Å². The van der Waals surface area contributed by atoms with E-state index in [1.807, 2.05) is 11.4 Å². The van der Waals surface area contributed by atoms with Gasteiger partial charge >= 0.3 is 0 Å². The fourth-order valence-corrected chi connectivity index (χ4v) is 2.19. The van der Waals surface area contributed by atoms with E-state index in [0.29, 0.717) is 6.61 Å². The molecule has 1 aromatic heterocycles. The predicted octanol–water partition coefficient (Wildman–Crippen LogP) is 2.83. The van der Waals surface area contributed by atoms with Crippen LogP contribution in [-0.4, -0.2) is 13.2 Å². The maximum Gasteiger partial charge on any atom is 0.0667 e. The summed E-state index contributed by atoms with van der Waals surface area (Å²) in [4.78, 5) is 1.01. The molecule has 74 valence electrons. The maximum absolute atomic E-state index is 5.92. The zero-order chi connectivity index (χ0) is 9.68. The van der Waals surface area contributed by atoms with Gasteiger partial charge in [0.2, 0.25) is 0 Å². The van der Waals surface area contributed by atoms with E-state index in [1.54, 1.807) is 11.3 Å². The molecule has 0 fully saturated rings. The number of hydrogen-bond acceptors (Lipinski definition) is 3. The molecule has 2 N–H and O–H groups in total. The predicted molar refractivity (Wildman–Crippen MR) is 57.4 cm³/mol. The summed E-state index contributed by atoms with van der Waals surface area (Å²) < 4.78 is 5.35. The van der Waals surface area contributed by atoms with Crippen LogP contribution < -0.4 is 5.73 Å². The van der Waals surface area contributed by atoms with Crippen LogP contribution in [0, 0.1) is 0 Å². The first kappa shape index (κ1) is 11.0. The summed E-state index contributed by atoms with van der Waals surface area (Å²) >= 11 is 7.50. The smallest absolute Gasteiger partial charge is 0.0667 e. The molecule has 1 atom stereocenters. The van der Waals surface area contributed by atoms with Crippen LogP contribution in [0.2, 0.25) is 5.02 Å². The number of hydrogen-bond donors (Lipinski definition) is 1. The fraction of sp³-hybridized carbons (Fsp3) is 0.556. The van der Waals surface area contributed by atoms with Crippen LogP contribution in [0.3, 0.4) is 0 Å². The molecule has 0 aliphatic heterocycles. The Bertz CT molecular complexity index is 252. The highest BCUT2D eigenvalue weighted by atomic mass is 35.5. The third-order valence-corrected chi connectivity index (χ3v) is 3.12. The van der Waals surface area contributed by atoms with Gasteiger partial charge in [0.25, 0.3) is 0 Å². The molecule has 1 unspecified atom stereocenters. The lowest BCUT2D eigenvalue weighted by molar-refractivity contribution is 0.122. The average Bonchev–Trinajstić information content (AvgIpc) is 2.52. The SMILES string of the molecule is CCCOCC(N)c1sccc1Cl. The minimum absolute atomic E-state index is 0.0842. The second kappa shape index (κ2) is 5.60. The maximum atomic E-state index is 5.92. The van der Waals surface area contributed by atoms with Gasteiger partial charge in [-0.3, -0.25) is 0 Å². The van der Waals surface area contributed by atoms with Gasteiger partial charge in [-0.25, -0.2) is 0 Å². The van der Waals surface area contributed by atoms with Crippen LogP contribution in [-0.2, 0) is 4.74 Å². The van der Waals surface area contributed by atoms with Crippen molar-refractivity contribution in [2.45, 2.75) is 19.4 Å². The molecule has 0 spiro atoms. The monoisotopic (exact) mass is 219 g/mol. The standard InChI is InChI=1S/C9H14ClNOS/c1-2-4-12-6-8(11)9-7(10)3-5-13-9/h3,5,8H,2,4,6,11H2,1H3. The Balaban J connectivity index is 2.39. The summed E-state index contributed by atoms with van der Waals surface area (Å²) in [6, 6.07) is 1.78. The van der Waals surface area contributed by atoms with Gasteiger partial charge < -0.3 is 10.5 Å². The first-order chi connectivity index (χ1) is 6.25. The van der Waals surface area contributed by atoms with Crippen molar-refractivity contribution < 1.29 is 4.74 Å². The van der Waals surface area contributed by atoms with Crippen molar-refractivity contribution in [1.82, 2.24) is 0 Å². The Morgan fingerprint density at radius 2 is 2.46 bits per heavy atom. The average molecular weight is 220 g/mol. The summed E-state index contributed by atoms with van der Waals surface area (Å²) in [5.41, 5.74) is 5.88. The van der Waals surface area contributed by atoms with Crippen LogP contribution in [0.15, 0.2) is 11.4 Å². The summed E-state index contributed by atoms with van der Waals surface area (Å²) in [6.45, 7) is 3.38. The quantitative estimate of drug-likeness (QED) is 0.773. The van der Waals surface area contributed by atoms with Gasteiger partial charge in [0.05, 0.1) is 17.7 Å². The molecule has 4 heteroatoms. The number of halogens is 1. The molecule has 0 aliphatic carbocycles.